The maximum Gasteiger partial charge on any atom is 0.234 e. The van der Waals surface area contributed by atoms with Crippen LogP contribution in [-0.4, -0.2) is 18.5 Å². The fraction of sp³-hybridized carbons (Fsp3) is 0.409. The third-order valence-electron chi connectivity index (χ3n) is 5.19. The predicted octanol–water partition coefficient (Wildman–Crippen LogP) is 4.06. The molecule has 3 nitrogen and oxygen atoms in total. The molecule has 1 aliphatic rings. The van der Waals surface area contributed by atoms with Crippen LogP contribution >= 0.6 is 0 Å². The lowest BCUT2D eigenvalue weighted by Gasteiger charge is -2.30. The smallest absolute Gasteiger partial charge is 0.234 e. The fourth-order valence-electron chi connectivity index (χ4n) is 3.70. The summed E-state index contributed by atoms with van der Waals surface area (Å²) in [6, 6.07) is 21.0. The summed E-state index contributed by atoms with van der Waals surface area (Å²) in [5.74, 6) is 0.673. The molecule has 132 valence electrons. The number of nitrogens with one attached hydrogen (secondary N) is 2. The Labute approximate surface area is 150 Å². The first-order chi connectivity index (χ1) is 12.2. The molecule has 2 atom stereocenters. The van der Waals surface area contributed by atoms with Gasteiger partial charge in [-0.15, -0.1) is 0 Å². The van der Waals surface area contributed by atoms with Crippen LogP contribution in [0.15, 0.2) is 60.7 Å². The van der Waals surface area contributed by atoms with Gasteiger partial charge in [-0.3, -0.25) is 10.1 Å². The average molecular weight is 336 g/mol. The van der Waals surface area contributed by atoms with Crippen LogP contribution in [-0.2, 0) is 4.79 Å². The van der Waals surface area contributed by atoms with E-state index < -0.39 is 0 Å². The number of carbonyl (C=O) groups excluding carboxylic acids is 1. The highest BCUT2D eigenvalue weighted by atomic mass is 16.2. The number of carbonyl (C=O) groups is 1. The molecule has 0 heterocycles. The summed E-state index contributed by atoms with van der Waals surface area (Å²) in [5.41, 5.74) is 2.35. The van der Waals surface area contributed by atoms with Crippen molar-refractivity contribution in [1.82, 2.24) is 10.6 Å². The Kier molecular flexibility index (Phi) is 6.24. The van der Waals surface area contributed by atoms with Crippen LogP contribution in [0.4, 0.5) is 0 Å². The molecule has 0 aliphatic heterocycles. The summed E-state index contributed by atoms with van der Waals surface area (Å²) < 4.78 is 0. The van der Waals surface area contributed by atoms with E-state index in [4.69, 9.17) is 0 Å². The summed E-state index contributed by atoms with van der Waals surface area (Å²) in [7, 11) is 0. The van der Waals surface area contributed by atoms with E-state index in [1.54, 1.807) is 0 Å². The van der Waals surface area contributed by atoms with Crippen molar-refractivity contribution in [3.63, 3.8) is 0 Å². The van der Waals surface area contributed by atoms with Crippen LogP contribution in [0.25, 0.3) is 0 Å². The highest BCUT2D eigenvalue weighted by Crippen LogP contribution is 2.24. The lowest BCUT2D eigenvalue weighted by atomic mass is 9.86. The quantitative estimate of drug-likeness (QED) is 0.835. The van der Waals surface area contributed by atoms with Crippen LogP contribution < -0.4 is 10.6 Å². The predicted molar refractivity (Wildman–Crippen MR) is 102 cm³/mol. The van der Waals surface area contributed by atoms with Gasteiger partial charge in [0.05, 0.1) is 12.6 Å². The molecule has 1 aliphatic carbocycles. The van der Waals surface area contributed by atoms with E-state index in [0.29, 0.717) is 18.5 Å². The molecule has 0 aromatic heterocycles. The third kappa shape index (κ3) is 4.93. The minimum Gasteiger partial charge on any atom is -0.352 e. The minimum absolute atomic E-state index is 0.0249. The van der Waals surface area contributed by atoms with Crippen molar-refractivity contribution in [2.75, 3.05) is 6.54 Å². The SMILES string of the molecule is C[C@H]1CCCC[C@H]1NC(=O)CNC(c1ccccc1)c1ccccc1. The van der Waals surface area contributed by atoms with Crippen molar-refractivity contribution < 1.29 is 4.79 Å². The first kappa shape index (κ1) is 17.7. The zero-order valence-electron chi connectivity index (χ0n) is 14.9. The molecular weight excluding hydrogens is 308 g/mol. The maximum atomic E-state index is 12.5. The monoisotopic (exact) mass is 336 g/mol. The molecule has 1 saturated carbocycles. The molecule has 25 heavy (non-hydrogen) atoms. The van der Waals surface area contributed by atoms with Crippen LogP contribution in [0.1, 0.15) is 49.8 Å². The van der Waals surface area contributed by atoms with Crippen molar-refractivity contribution in [3.05, 3.63) is 71.8 Å². The van der Waals surface area contributed by atoms with Crippen molar-refractivity contribution in [3.8, 4) is 0 Å². The number of rotatable bonds is 6. The molecule has 2 N–H and O–H groups in total. The molecule has 1 amide bonds. The standard InChI is InChI=1S/C22H28N2O/c1-17-10-8-9-15-20(17)24-21(25)16-23-22(18-11-4-2-5-12-18)19-13-6-3-7-14-19/h2-7,11-14,17,20,22-23H,8-10,15-16H2,1H3,(H,24,25)/t17-,20+/m0/s1. The molecule has 0 spiro atoms. The Hall–Kier alpha value is -2.13. The number of benzene rings is 2. The van der Waals surface area contributed by atoms with Crippen LogP contribution in [0, 0.1) is 5.92 Å². The third-order valence-corrected chi connectivity index (χ3v) is 5.19. The Bertz CT molecular complexity index is 617. The second kappa shape index (κ2) is 8.82. The molecule has 2 aromatic carbocycles. The van der Waals surface area contributed by atoms with Crippen LogP contribution in [0.5, 0.6) is 0 Å². The van der Waals surface area contributed by atoms with Crippen molar-refractivity contribution >= 4 is 5.91 Å². The first-order valence-corrected chi connectivity index (χ1v) is 9.36. The Morgan fingerprint density at radius 2 is 1.52 bits per heavy atom. The van der Waals surface area contributed by atoms with Gasteiger partial charge < -0.3 is 5.32 Å². The first-order valence-electron chi connectivity index (χ1n) is 9.36. The van der Waals surface area contributed by atoms with E-state index in [1.807, 2.05) is 36.4 Å². The topological polar surface area (TPSA) is 41.1 Å². The van der Waals surface area contributed by atoms with Gasteiger partial charge in [-0.1, -0.05) is 80.4 Å². The summed E-state index contributed by atoms with van der Waals surface area (Å²) in [4.78, 5) is 12.5. The summed E-state index contributed by atoms with van der Waals surface area (Å²) >= 11 is 0. The maximum absolute atomic E-state index is 12.5. The normalized spacial score (nSPS) is 20.4. The largest absolute Gasteiger partial charge is 0.352 e. The van der Waals surface area contributed by atoms with E-state index in [9.17, 15) is 4.79 Å². The molecule has 0 bridgehead atoms. The summed E-state index contributed by atoms with van der Waals surface area (Å²) in [6.45, 7) is 2.58. The van der Waals surface area contributed by atoms with E-state index in [2.05, 4.69) is 41.8 Å². The molecule has 1 fully saturated rings. The van der Waals surface area contributed by atoms with Gasteiger partial charge >= 0.3 is 0 Å². The van der Waals surface area contributed by atoms with Crippen LogP contribution in [0.2, 0.25) is 0 Å². The van der Waals surface area contributed by atoms with Gasteiger partial charge in [0, 0.05) is 6.04 Å². The summed E-state index contributed by atoms with van der Waals surface area (Å²) in [5, 5.41) is 6.67. The molecule has 0 unspecified atom stereocenters. The molecule has 3 heteroatoms. The average Bonchev–Trinajstić information content (AvgIpc) is 2.66. The Balaban J connectivity index is 1.64. The molecule has 0 saturated heterocycles. The van der Waals surface area contributed by atoms with Gasteiger partial charge in [0.25, 0.3) is 0 Å². The van der Waals surface area contributed by atoms with Gasteiger partial charge in [-0.05, 0) is 29.9 Å². The van der Waals surface area contributed by atoms with Crippen molar-refractivity contribution in [1.29, 1.82) is 0 Å². The Morgan fingerprint density at radius 1 is 0.960 bits per heavy atom. The fourth-order valence-corrected chi connectivity index (χ4v) is 3.70. The van der Waals surface area contributed by atoms with E-state index in [1.165, 1.54) is 30.4 Å². The van der Waals surface area contributed by atoms with Crippen LogP contribution in [0.3, 0.4) is 0 Å². The number of amides is 1. The summed E-state index contributed by atoms with van der Waals surface area (Å²) in [6.07, 6.45) is 4.83. The van der Waals surface area contributed by atoms with E-state index in [0.717, 1.165) is 6.42 Å². The second-order valence-corrected chi connectivity index (χ2v) is 7.07. The molecule has 0 radical (unpaired) electrons. The van der Waals surface area contributed by atoms with E-state index in [-0.39, 0.29) is 11.9 Å². The lowest BCUT2D eigenvalue weighted by molar-refractivity contribution is -0.121. The highest BCUT2D eigenvalue weighted by molar-refractivity contribution is 5.78. The van der Waals surface area contributed by atoms with Gasteiger partial charge in [0.15, 0.2) is 0 Å². The zero-order valence-corrected chi connectivity index (χ0v) is 14.9. The van der Waals surface area contributed by atoms with Gasteiger partial charge in [0.1, 0.15) is 0 Å². The van der Waals surface area contributed by atoms with Crippen molar-refractivity contribution in [2.45, 2.75) is 44.7 Å². The van der Waals surface area contributed by atoms with Crippen molar-refractivity contribution in [2.24, 2.45) is 5.92 Å². The molecule has 2 aromatic rings. The van der Waals surface area contributed by atoms with E-state index >= 15 is 0 Å². The van der Waals surface area contributed by atoms with Gasteiger partial charge in [-0.25, -0.2) is 0 Å². The highest BCUT2D eigenvalue weighted by Gasteiger charge is 2.23. The zero-order chi connectivity index (χ0) is 17.5. The molecule has 3 rings (SSSR count). The number of hydrogen-bond acceptors (Lipinski definition) is 2. The lowest BCUT2D eigenvalue weighted by Crippen LogP contribution is -2.45. The molecular formula is C22H28N2O. The minimum atomic E-state index is 0.0249. The number of hydrogen-bond donors (Lipinski definition) is 2. The second-order valence-electron chi connectivity index (χ2n) is 7.07. The Morgan fingerprint density at radius 3 is 2.08 bits per heavy atom. The van der Waals surface area contributed by atoms with Gasteiger partial charge in [-0.2, -0.15) is 0 Å². The van der Waals surface area contributed by atoms with Gasteiger partial charge in [0.2, 0.25) is 5.91 Å².